The molecule has 0 spiro atoms. The molecule has 0 aliphatic carbocycles. The Balaban J connectivity index is 1.72. The summed E-state index contributed by atoms with van der Waals surface area (Å²) in [6.45, 7) is 3.45. The first-order valence-electron chi connectivity index (χ1n) is 9.05. The van der Waals surface area contributed by atoms with Crippen LogP contribution in [0, 0.1) is 6.92 Å². The van der Waals surface area contributed by atoms with E-state index in [1.54, 1.807) is 11.3 Å². The molecule has 0 amide bonds. The van der Waals surface area contributed by atoms with Crippen molar-refractivity contribution in [2.75, 3.05) is 6.54 Å². The van der Waals surface area contributed by atoms with E-state index in [1.807, 2.05) is 12.3 Å². The maximum atomic E-state index is 5.80. The third-order valence-corrected chi connectivity index (χ3v) is 5.56. The molecule has 0 saturated carbocycles. The normalized spacial score (nSPS) is 11.5. The van der Waals surface area contributed by atoms with Gasteiger partial charge in [0.25, 0.3) is 0 Å². The third-order valence-electron chi connectivity index (χ3n) is 4.57. The summed E-state index contributed by atoms with van der Waals surface area (Å²) in [6, 6.07) is 16.9. The van der Waals surface area contributed by atoms with Crippen LogP contribution >= 0.6 is 11.3 Å². The second kappa shape index (κ2) is 7.82. The van der Waals surface area contributed by atoms with Crippen molar-refractivity contribution in [2.24, 2.45) is 5.73 Å². The number of aromatic nitrogens is 2. The molecule has 0 saturated heterocycles. The number of thiophene rings is 1. The van der Waals surface area contributed by atoms with Crippen molar-refractivity contribution in [1.82, 2.24) is 4.98 Å². The first kappa shape index (κ1) is 17.6. The summed E-state index contributed by atoms with van der Waals surface area (Å²) >= 11 is 1.78. The Morgan fingerprint density at radius 2 is 2.00 bits per heavy atom. The van der Waals surface area contributed by atoms with Crippen molar-refractivity contribution in [3.8, 4) is 11.4 Å². The Kier molecular flexibility index (Phi) is 5.10. The van der Waals surface area contributed by atoms with Crippen LogP contribution < -0.4 is 10.3 Å². The maximum absolute atomic E-state index is 5.80. The van der Waals surface area contributed by atoms with Crippen LogP contribution in [0.15, 0.2) is 66.3 Å². The number of nitrogens with zero attached hydrogens (tertiary/aromatic N) is 2. The summed E-state index contributed by atoms with van der Waals surface area (Å²) in [6.07, 6.45) is 8.31. The second-order valence-electron chi connectivity index (χ2n) is 6.57. The van der Waals surface area contributed by atoms with Crippen LogP contribution in [0.5, 0.6) is 0 Å². The molecule has 4 heteroatoms. The van der Waals surface area contributed by atoms with Gasteiger partial charge in [-0.05, 0) is 52.6 Å². The molecule has 0 aliphatic rings. The number of benzene rings is 1. The van der Waals surface area contributed by atoms with E-state index < -0.39 is 0 Å². The molecule has 3 nitrogen and oxygen atoms in total. The molecule has 0 aliphatic heterocycles. The zero-order valence-electron chi connectivity index (χ0n) is 15.3. The Labute approximate surface area is 163 Å². The average Bonchev–Trinajstić information content (AvgIpc) is 3.10. The molecule has 2 N–H and O–H groups in total. The first-order valence-corrected chi connectivity index (χ1v) is 9.93. The van der Waals surface area contributed by atoms with E-state index in [0.717, 1.165) is 23.5 Å². The van der Waals surface area contributed by atoms with Crippen molar-refractivity contribution in [3.05, 3.63) is 83.0 Å². The van der Waals surface area contributed by atoms with Gasteiger partial charge >= 0.3 is 0 Å². The minimum atomic E-state index is 0.597. The third kappa shape index (κ3) is 3.82. The fourth-order valence-corrected chi connectivity index (χ4v) is 4.12. The van der Waals surface area contributed by atoms with E-state index in [-0.39, 0.29) is 0 Å². The highest BCUT2D eigenvalue weighted by Crippen LogP contribution is 2.27. The Morgan fingerprint density at radius 1 is 1.11 bits per heavy atom. The number of rotatable bonds is 5. The van der Waals surface area contributed by atoms with Gasteiger partial charge in [-0.25, -0.2) is 4.98 Å². The molecule has 3 aromatic heterocycles. The van der Waals surface area contributed by atoms with E-state index in [0.29, 0.717) is 6.54 Å². The van der Waals surface area contributed by atoms with Crippen LogP contribution in [-0.4, -0.2) is 11.5 Å². The van der Waals surface area contributed by atoms with E-state index in [4.69, 9.17) is 5.73 Å². The Bertz CT molecular complexity index is 1110. The topological polar surface area (TPSA) is 42.8 Å². The van der Waals surface area contributed by atoms with Gasteiger partial charge in [-0.1, -0.05) is 30.4 Å². The molecule has 1 aromatic carbocycles. The van der Waals surface area contributed by atoms with Crippen LogP contribution in [0.3, 0.4) is 0 Å². The van der Waals surface area contributed by atoms with Gasteiger partial charge in [-0.2, -0.15) is 4.57 Å². The SMILES string of the molecule is Cc1ccnc(-c2cc(/C=C/c3csc4ccccc34)cc[n+]2CCN)c1. The van der Waals surface area contributed by atoms with Gasteiger partial charge in [0.05, 0.1) is 6.54 Å². The lowest BCUT2D eigenvalue weighted by Crippen LogP contribution is -2.39. The molecule has 0 bridgehead atoms. The van der Waals surface area contributed by atoms with Gasteiger partial charge in [-0.3, -0.25) is 0 Å². The van der Waals surface area contributed by atoms with Gasteiger partial charge in [0.2, 0.25) is 5.69 Å². The van der Waals surface area contributed by atoms with Gasteiger partial charge in [0.15, 0.2) is 12.7 Å². The lowest BCUT2D eigenvalue weighted by Gasteiger charge is -2.05. The highest BCUT2D eigenvalue weighted by atomic mass is 32.1. The predicted molar refractivity (Wildman–Crippen MR) is 114 cm³/mol. The van der Waals surface area contributed by atoms with Crippen LogP contribution in [0.25, 0.3) is 33.6 Å². The number of fused-ring (bicyclic) bond motifs is 1. The van der Waals surface area contributed by atoms with E-state index in [9.17, 15) is 0 Å². The van der Waals surface area contributed by atoms with Crippen molar-refractivity contribution in [3.63, 3.8) is 0 Å². The number of nitrogens with two attached hydrogens (primary N) is 1. The highest BCUT2D eigenvalue weighted by molar-refractivity contribution is 7.17. The fraction of sp³-hybridized carbons (Fsp3) is 0.130. The maximum Gasteiger partial charge on any atom is 0.231 e. The molecule has 4 aromatic rings. The lowest BCUT2D eigenvalue weighted by molar-refractivity contribution is -0.683. The zero-order chi connectivity index (χ0) is 18.6. The molecule has 0 fully saturated rings. The van der Waals surface area contributed by atoms with Gasteiger partial charge in [0.1, 0.15) is 5.69 Å². The monoisotopic (exact) mass is 372 g/mol. The summed E-state index contributed by atoms with van der Waals surface area (Å²) in [5, 5.41) is 3.51. The van der Waals surface area contributed by atoms with Crippen LogP contribution in [0.1, 0.15) is 16.7 Å². The van der Waals surface area contributed by atoms with Gasteiger partial charge < -0.3 is 5.73 Å². The van der Waals surface area contributed by atoms with Crippen LogP contribution in [-0.2, 0) is 6.54 Å². The summed E-state index contributed by atoms with van der Waals surface area (Å²) in [7, 11) is 0. The fourth-order valence-electron chi connectivity index (χ4n) is 3.19. The summed E-state index contributed by atoms with van der Waals surface area (Å²) in [5.74, 6) is 0. The summed E-state index contributed by atoms with van der Waals surface area (Å²) in [5.41, 5.74) is 11.5. The van der Waals surface area contributed by atoms with Gasteiger partial charge in [-0.15, -0.1) is 11.3 Å². The lowest BCUT2D eigenvalue weighted by atomic mass is 10.1. The number of hydrogen-bond acceptors (Lipinski definition) is 3. The molecule has 27 heavy (non-hydrogen) atoms. The molecule has 0 unspecified atom stereocenters. The smallest absolute Gasteiger partial charge is 0.231 e. The second-order valence-corrected chi connectivity index (χ2v) is 7.48. The van der Waals surface area contributed by atoms with Crippen molar-refractivity contribution < 1.29 is 4.57 Å². The van der Waals surface area contributed by atoms with Gasteiger partial charge in [0, 0.05) is 23.0 Å². The molecular formula is C23H22N3S+. The minimum absolute atomic E-state index is 0.597. The van der Waals surface area contributed by atoms with E-state index >= 15 is 0 Å². The Morgan fingerprint density at radius 3 is 2.85 bits per heavy atom. The highest BCUT2D eigenvalue weighted by Gasteiger charge is 2.14. The van der Waals surface area contributed by atoms with E-state index in [2.05, 4.69) is 82.7 Å². The van der Waals surface area contributed by atoms with E-state index in [1.165, 1.54) is 21.2 Å². The molecule has 134 valence electrons. The largest absolute Gasteiger partial charge is 0.325 e. The number of pyridine rings is 2. The van der Waals surface area contributed by atoms with Crippen LogP contribution in [0.4, 0.5) is 0 Å². The molecule has 3 heterocycles. The molecule has 4 rings (SSSR count). The quantitative estimate of drug-likeness (QED) is 0.517. The number of hydrogen-bond donors (Lipinski definition) is 1. The number of aryl methyl sites for hydroxylation is 1. The van der Waals surface area contributed by atoms with Crippen molar-refractivity contribution in [1.29, 1.82) is 0 Å². The van der Waals surface area contributed by atoms with Crippen molar-refractivity contribution >= 4 is 33.6 Å². The van der Waals surface area contributed by atoms with Crippen LogP contribution in [0.2, 0.25) is 0 Å². The summed E-state index contributed by atoms with van der Waals surface area (Å²) < 4.78 is 3.48. The standard InChI is InChI=1S/C23H22N3S/c1-17-8-11-25-21(14-17)22-15-18(9-12-26(22)13-10-24)6-7-19-16-27-23-5-3-2-4-20(19)23/h2-9,11-12,14-16H,10,13,24H2,1H3/q+1/b7-6+. The summed E-state index contributed by atoms with van der Waals surface area (Å²) in [4.78, 5) is 4.56. The predicted octanol–water partition coefficient (Wildman–Crippen LogP) is 4.69. The minimum Gasteiger partial charge on any atom is -0.325 e. The average molecular weight is 373 g/mol. The molecule has 0 atom stereocenters. The molecule has 0 radical (unpaired) electrons. The van der Waals surface area contributed by atoms with Crippen molar-refractivity contribution in [2.45, 2.75) is 13.5 Å². The first-order chi connectivity index (χ1) is 13.2. The zero-order valence-corrected chi connectivity index (χ0v) is 16.1. The molecular weight excluding hydrogens is 350 g/mol. The Hall–Kier alpha value is -2.82.